The van der Waals surface area contributed by atoms with Crippen LogP contribution in [-0.2, 0) is 5.92 Å². The summed E-state index contributed by atoms with van der Waals surface area (Å²) in [5.74, 6) is -3.96. The standard InChI is InChI=1S/C22H26F3N/c1-3-8-20-9-4-11-21(20,12-5-10-20)13-15(2)18-16(23)6-7-17-19(18)22(24,25)14-26-17/h3,6-7,14-15H,1,4-5,8-13H2,2H3. The van der Waals surface area contributed by atoms with Gasteiger partial charge in [0.05, 0.1) is 17.5 Å². The molecule has 0 saturated heterocycles. The third-order valence-electron chi connectivity index (χ3n) is 7.34. The van der Waals surface area contributed by atoms with Crippen LogP contribution in [0.2, 0.25) is 0 Å². The summed E-state index contributed by atoms with van der Waals surface area (Å²) in [6, 6.07) is 2.66. The third kappa shape index (κ3) is 2.40. The molecular formula is C22H26F3N. The Kier molecular flexibility index (Phi) is 4.09. The highest BCUT2D eigenvalue weighted by atomic mass is 19.3. The van der Waals surface area contributed by atoms with Gasteiger partial charge in [-0.1, -0.05) is 25.8 Å². The summed E-state index contributed by atoms with van der Waals surface area (Å²) in [4.78, 5) is 3.82. The van der Waals surface area contributed by atoms with Crippen LogP contribution in [0, 0.1) is 16.6 Å². The van der Waals surface area contributed by atoms with E-state index in [0.717, 1.165) is 25.7 Å². The maximum absolute atomic E-state index is 14.7. The second-order valence-corrected chi connectivity index (χ2v) is 8.60. The summed E-state index contributed by atoms with van der Waals surface area (Å²) < 4.78 is 43.5. The molecule has 0 spiro atoms. The van der Waals surface area contributed by atoms with Crippen LogP contribution < -0.4 is 0 Å². The first kappa shape index (κ1) is 17.8. The van der Waals surface area contributed by atoms with E-state index in [-0.39, 0.29) is 33.6 Å². The molecule has 4 rings (SSSR count). The molecule has 1 aromatic rings. The molecule has 0 bridgehead atoms. The average Bonchev–Trinajstić information content (AvgIpc) is 3.17. The van der Waals surface area contributed by atoms with Crippen molar-refractivity contribution >= 4 is 11.9 Å². The Morgan fingerprint density at radius 2 is 1.81 bits per heavy atom. The summed E-state index contributed by atoms with van der Waals surface area (Å²) in [6.45, 7) is 5.87. The van der Waals surface area contributed by atoms with Gasteiger partial charge in [-0.2, -0.15) is 8.78 Å². The van der Waals surface area contributed by atoms with E-state index in [1.807, 2.05) is 13.0 Å². The Labute approximate surface area is 153 Å². The largest absolute Gasteiger partial charge is 0.310 e. The van der Waals surface area contributed by atoms with Crippen molar-refractivity contribution in [1.29, 1.82) is 0 Å². The molecule has 1 aromatic carbocycles. The molecule has 1 heterocycles. The van der Waals surface area contributed by atoms with Crippen LogP contribution in [0.1, 0.15) is 75.3 Å². The van der Waals surface area contributed by atoms with Crippen molar-refractivity contribution in [2.75, 3.05) is 0 Å². The highest BCUT2D eigenvalue weighted by molar-refractivity contribution is 5.83. The first-order valence-electron chi connectivity index (χ1n) is 9.71. The lowest BCUT2D eigenvalue weighted by molar-refractivity contribution is 0.0792. The van der Waals surface area contributed by atoms with Gasteiger partial charge in [-0.3, -0.25) is 4.99 Å². The second-order valence-electron chi connectivity index (χ2n) is 8.60. The summed E-state index contributed by atoms with van der Waals surface area (Å²) in [5, 5.41) is 0. The number of hydrogen-bond acceptors (Lipinski definition) is 1. The summed E-state index contributed by atoms with van der Waals surface area (Å²) in [7, 11) is 0. The van der Waals surface area contributed by atoms with Crippen LogP contribution in [0.15, 0.2) is 29.8 Å². The van der Waals surface area contributed by atoms with E-state index < -0.39 is 11.7 Å². The molecule has 4 heteroatoms. The SMILES string of the molecule is C=CCC12CCCC1(CC(C)c1c(F)ccc3c1C(F)(F)C=N3)CCC2. The van der Waals surface area contributed by atoms with Gasteiger partial charge in [0.15, 0.2) is 0 Å². The molecule has 1 unspecified atom stereocenters. The normalized spacial score (nSPS) is 32.5. The van der Waals surface area contributed by atoms with E-state index in [1.165, 1.54) is 37.8 Å². The molecule has 2 aliphatic carbocycles. The molecule has 1 atom stereocenters. The van der Waals surface area contributed by atoms with Crippen LogP contribution in [0.5, 0.6) is 0 Å². The molecular weight excluding hydrogens is 335 g/mol. The number of allylic oxidation sites excluding steroid dienone is 1. The van der Waals surface area contributed by atoms with Crippen molar-refractivity contribution in [3.05, 3.63) is 41.7 Å². The molecule has 0 aromatic heterocycles. The van der Waals surface area contributed by atoms with E-state index in [1.54, 1.807) is 0 Å². The van der Waals surface area contributed by atoms with E-state index in [2.05, 4.69) is 11.6 Å². The van der Waals surface area contributed by atoms with E-state index in [4.69, 9.17) is 0 Å². The fourth-order valence-corrected chi connectivity index (χ4v) is 6.38. The predicted molar refractivity (Wildman–Crippen MR) is 98.9 cm³/mol. The molecule has 2 fully saturated rings. The molecule has 1 nitrogen and oxygen atoms in total. The van der Waals surface area contributed by atoms with Crippen LogP contribution in [0.25, 0.3) is 0 Å². The fourth-order valence-electron chi connectivity index (χ4n) is 6.38. The zero-order valence-electron chi connectivity index (χ0n) is 15.3. The van der Waals surface area contributed by atoms with Gasteiger partial charge >= 0.3 is 5.92 Å². The van der Waals surface area contributed by atoms with Crippen molar-refractivity contribution < 1.29 is 13.2 Å². The first-order chi connectivity index (χ1) is 12.3. The minimum absolute atomic E-state index is 0.129. The van der Waals surface area contributed by atoms with Crippen LogP contribution in [0.3, 0.4) is 0 Å². The van der Waals surface area contributed by atoms with Crippen molar-refractivity contribution in [1.82, 2.24) is 0 Å². The topological polar surface area (TPSA) is 12.4 Å². The van der Waals surface area contributed by atoms with Gasteiger partial charge in [0.25, 0.3) is 0 Å². The molecule has 1 aliphatic heterocycles. The maximum atomic E-state index is 14.7. The minimum Gasteiger partial charge on any atom is -0.254 e. The molecule has 3 aliphatic rings. The lowest BCUT2D eigenvalue weighted by Gasteiger charge is -2.43. The van der Waals surface area contributed by atoms with Crippen LogP contribution >= 0.6 is 0 Å². The minimum atomic E-state index is -3.18. The Morgan fingerprint density at radius 1 is 1.15 bits per heavy atom. The van der Waals surface area contributed by atoms with Gasteiger partial charge in [-0.25, -0.2) is 4.39 Å². The highest BCUT2D eigenvalue weighted by Crippen LogP contribution is 2.68. The van der Waals surface area contributed by atoms with Gasteiger partial charge in [0.1, 0.15) is 5.82 Å². The number of benzene rings is 1. The molecule has 0 amide bonds. The molecule has 0 N–H and O–H groups in total. The zero-order chi connectivity index (χ0) is 18.6. The van der Waals surface area contributed by atoms with Crippen molar-refractivity contribution in [3.63, 3.8) is 0 Å². The molecule has 26 heavy (non-hydrogen) atoms. The number of rotatable bonds is 5. The second kappa shape index (κ2) is 5.97. The number of fused-ring (bicyclic) bond motifs is 2. The Hall–Kier alpha value is -1.58. The summed E-state index contributed by atoms with van der Waals surface area (Å²) in [5.41, 5.74) is 0.532. The maximum Gasteiger partial charge on any atom is 0.310 e. The fraction of sp³-hybridized carbons (Fsp3) is 0.591. The van der Waals surface area contributed by atoms with Crippen LogP contribution in [-0.4, -0.2) is 6.21 Å². The Bertz CT molecular complexity index is 755. The monoisotopic (exact) mass is 361 g/mol. The summed E-state index contributed by atoms with van der Waals surface area (Å²) >= 11 is 0. The molecule has 140 valence electrons. The molecule has 2 saturated carbocycles. The van der Waals surface area contributed by atoms with E-state index in [9.17, 15) is 13.2 Å². The predicted octanol–water partition coefficient (Wildman–Crippen LogP) is 7.04. The van der Waals surface area contributed by atoms with Gasteiger partial charge in [-0.05, 0) is 67.4 Å². The van der Waals surface area contributed by atoms with Crippen molar-refractivity contribution in [2.45, 2.75) is 70.1 Å². The lowest BCUT2D eigenvalue weighted by atomic mass is 9.62. The van der Waals surface area contributed by atoms with E-state index >= 15 is 0 Å². The number of nitrogens with zero attached hydrogens (tertiary/aromatic N) is 1. The number of halogens is 3. The molecule has 0 radical (unpaired) electrons. The van der Waals surface area contributed by atoms with Gasteiger partial charge < -0.3 is 0 Å². The lowest BCUT2D eigenvalue weighted by Crippen LogP contribution is -2.33. The number of hydrogen-bond donors (Lipinski definition) is 0. The third-order valence-corrected chi connectivity index (χ3v) is 7.34. The number of alkyl halides is 2. The van der Waals surface area contributed by atoms with Crippen LogP contribution in [0.4, 0.5) is 18.9 Å². The van der Waals surface area contributed by atoms with Gasteiger partial charge in [0.2, 0.25) is 0 Å². The van der Waals surface area contributed by atoms with Gasteiger partial charge in [-0.15, -0.1) is 6.58 Å². The highest BCUT2D eigenvalue weighted by Gasteiger charge is 2.57. The smallest absolute Gasteiger partial charge is 0.254 e. The summed E-state index contributed by atoms with van der Waals surface area (Å²) in [6.07, 6.45) is 11.4. The quantitative estimate of drug-likeness (QED) is 0.499. The van der Waals surface area contributed by atoms with Crippen molar-refractivity contribution in [3.8, 4) is 0 Å². The van der Waals surface area contributed by atoms with E-state index in [0.29, 0.717) is 6.21 Å². The first-order valence-corrected chi connectivity index (χ1v) is 9.71. The Morgan fingerprint density at radius 3 is 2.46 bits per heavy atom. The Balaban J connectivity index is 1.71. The average molecular weight is 361 g/mol. The van der Waals surface area contributed by atoms with Crippen molar-refractivity contribution in [2.24, 2.45) is 15.8 Å². The number of aliphatic imine (C=N–C) groups is 1. The zero-order valence-corrected chi connectivity index (χ0v) is 15.3. The van der Waals surface area contributed by atoms with Gasteiger partial charge in [0, 0.05) is 5.56 Å².